The van der Waals surface area contributed by atoms with E-state index in [2.05, 4.69) is 15.0 Å². The zero-order valence-corrected chi connectivity index (χ0v) is 9.17. The summed E-state index contributed by atoms with van der Waals surface area (Å²) in [6.45, 7) is 0. The summed E-state index contributed by atoms with van der Waals surface area (Å²) >= 11 is 0. The number of nitro groups is 1. The Morgan fingerprint density at radius 1 is 1.59 bits per heavy atom. The number of nitrogens with zero attached hydrogens (tertiary/aromatic N) is 2. The number of hydrogen-bond donors (Lipinski definition) is 1. The summed E-state index contributed by atoms with van der Waals surface area (Å²) in [5.41, 5.74) is -0.0780. The Labute approximate surface area is 96.9 Å². The van der Waals surface area contributed by atoms with Gasteiger partial charge in [-0.3, -0.25) is 10.1 Å². The van der Waals surface area contributed by atoms with Gasteiger partial charge in [-0.2, -0.15) is 0 Å². The van der Waals surface area contributed by atoms with Crippen LogP contribution < -0.4 is 5.32 Å². The van der Waals surface area contributed by atoms with E-state index in [9.17, 15) is 14.9 Å². The van der Waals surface area contributed by atoms with Crippen molar-refractivity contribution >= 4 is 17.5 Å². The number of hydrogen-bond acceptors (Lipinski definition) is 6. The van der Waals surface area contributed by atoms with E-state index >= 15 is 0 Å². The Bertz CT molecular complexity index is 471. The number of nitrogens with one attached hydrogen (secondary N) is 1. The van der Waals surface area contributed by atoms with Crippen LogP contribution in [0.4, 0.5) is 11.5 Å². The zero-order chi connectivity index (χ0) is 12.4. The van der Waals surface area contributed by atoms with Crippen LogP contribution in [0, 0.1) is 10.1 Å². The van der Waals surface area contributed by atoms with Gasteiger partial charge < -0.3 is 10.1 Å². The van der Waals surface area contributed by atoms with Crippen molar-refractivity contribution in [3.05, 3.63) is 27.9 Å². The maximum absolute atomic E-state index is 11.3. The largest absolute Gasteiger partial charge is 0.464 e. The molecule has 0 spiro atoms. The van der Waals surface area contributed by atoms with Gasteiger partial charge in [0.1, 0.15) is 0 Å². The third kappa shape index (κ3) is 2.49. The molecule has 1 aliphatic rings. The van der Waals surface area contributed by atoms with E-state index in [1.54, 1.807) is 0 Å². The molecule has 0 bridgehead atoms. The molecule has 0 saturated heterocycles. The van der Waals surface area contributed by atoms with Crippen molar-refractivity contribution in [3.8, 4) is 0 Å². The smallest absolute Gasteiger partial charge is 0.356 e. The Balaban J connectivity index is 2.34. The van der Waals surface area contributed by atoms with Gasteiger partial charge in [0, 0.05) is 12.1 Å². The molecule has 0 radical (unpaired) electrons. The summed E-state index contributed by atoms with van der Waals surface area (Å²) in [5, 5.41) is 13.7. The van der Waals surface area contributed by atoms with E-state index < -0.39 is 10.9 Å². The van der Waals surface area contributed by atoms with Gasteiger partial charge in [-0.05, 0) is 18.9 Å². The normalized spacial score (nSPS) is 14.2. The van der Waals surface area contributed by atoms with Crippen molar-refractivity contribution in [1.82, 2.24) is 4.98 Å². The van der Waals surface area contributed by atoms with Crippen LogP contribution in [0.3, 0.4) is 0 Å². The van der Waals surface area contributed by atoms with Crippen molar-refractivity contribution < 1.29 is 14.5 Å². The molecule has 1 heterocycles. The Morgan fingerprint density at radius 2 is 2.29 bits per heavy atom. The fourth-order valence-corrected chi connectivity index (χ4v) is 1.34. The van der Waals surface area contributed by atoms with Crippen LogP contribution >= 0.6 is 0 Å². The van der Waals surface area contributed by atoms with E-state index in [0.717, 1.165) is 12.8 Å². The SMILES string of the molecule is COC(=O)c1ccc([N+](=O)[O-])c(NC2CC2)n1. The summed E-state index contributed by atoms with van der Waals surface area (Å²) < 4.78 is 4.51. The maximum atomic E-state index is 11.3. The lowest BCUT2D eigenvalue weighted by Crippen LogP contribution is -2.11. The molecule has 0 amide bonds. The third-order valence-corrected chi connectivity index (χ3v) is 2.38. The number of ether oxygens (including phenoxy) is 1. The Kier molecular flexibility index (Phi) is 2.90. The van der Waals surface area contributed by atoms with Crippen molar-refractivity contribution in [1.29, 1.82) is 0 Å². The van der Waals surface area contributed by atoms with Gasteiger partial charge >= 0.3 is 11.7 Å². The van der Waals surface area contributed by atoms with Gasteiger partial charge in [0.25, 0.3) is 0 Å². The second-order valence-electron chi connectivity index (χ2n) is 3.73. The minimum absolute atomic E-state index is 0.0567. The highest BCUT2D eigenvalue weighted by Gasteiger charge is 2.26. The van der Waals surface area contributed by atoms with Crippen molar-refractivity contribution in [3.63, 3.8) is 0 Å². The van der Waals surface area contributed by atoms with Gasteiger partial charge in [-0.1, -0.05) is 0 Å². The van der Waals surface area contributed by atoms with E-state index in [1.807, 2.05) is 0 Å². The molecule has 7 nitrogen and oxygen atoms in total. The summed E-state index contributed by atoms with van der Waals surface area (Å²) in [5.74, 6) is -0.487. The number of carbonyl (C=O) groups is 1. The van der Waals surface area contributed by atoms with Crippen molar-refractivity contribution in [2.24, 2.45) is 0 Å². The van der Waals surface area contributed by atoms with Crippen LogP contribution in [-0.4, -0.2) is 29.0 Å². The molecule has 0 unspecified atom stereocenters. The first-order valence-electron chi connectivity index (χ1n) is 5.12. The first-order chi connectivity index (χ1) is 8.11. The molecule has 0 aliphatic heterocycles. The minimum atomic E-state index is -0.612. The Morgan fingerprint density at radius 3 is 2.82 bits per heavy atom. The van der Waals surface area contributed by atoms with Crippen LogP contribution in [0.15, 0.2) is 12.1 Å². The molecule has 90 valence electrons. The van der Waals surface area contributed by atoms with Gasteiger partial charge in [0.15, 0.2) is 5.69 Å². The highest BCUT2D eigenvalue weighted by Crippen LogP contribution is 2.29. The van der Waals surface area contributed by atoms with Crippen LogP contribution in [0.1, 0.15) is 23.3 Å². The lowest BCUT2D eigenvalue weighted by atomic mass is 10.3. The number of esters is 1. The summed E-state index contributed by atoms with van der Waals surface area (Å²) in [6.07, 6.45) is 1.92. The molecule has 1 saturated carbocycles. The zero-order valence-electron chi connectivity index (χ0n) is 9.17. The minimum Gasteiger partial charge on any atom is -0.464 e. The molecule has 1 fully saturated rings. The summed E-state index contributed by atoms with van der Waals surface area (Å²) in [7, 11) is 1.24. The van der Waals surface area contributed by atoms with Crippen molar-refractivity contribution in [2.75, 3.05) is 12.4 Å². The second kappa shape index (κ2) is 4.36. The fourth-order valence-electron chi connectivity index (χ4n) is 1.34. The quantitative estimate of drug-likeness (QED) is 0.482. The van der Waals surface area contributed by atoms with E-state index in [0.29, 0.717) is 0 Å². The standard InChI is InChI=1S/C10H11N3O4/c1-17-10(14)7-4-5-8(13(15)16)9(12-7)11-6-2-3-6/h4-6H,2-3H2,1H3,(H,11,12). The second-order valence-corrected chi connectivity index (χ2v) is 3.73. The van der Waals surface area contributed by atoms with Crippen LogP contribution in [-0.2, 0) is 4.74 Å². The third-order valence-electron chi connectivity index (χ3n) is 2.38. The van der Waals surface area contributed by atoms with Crippen LogP contribution in [0.25, 0.3) is 0 Å². The molecule has 1 aromatic heterocycles. The predicted molar refractivity (Wildman–Crippen MR) is 58.9 cm³/mol. The van der Waals surface area contributed by atoms with Crippen LogP contribution in [0.5, 0.6) is 0 Å². The number of anilines is 1. The molecular weight excluding hydrogens is 226 g/mol. The highest BCUT2D eigenvalue weighted by molar-refractivity contribution is 5.88. The Hall–Kier alpha value is -2.18. The number of methoxy groups -OCH3 is 1. The van der Waals surface area contributed by atoms with Gasteiger partial charge in [0.05, 0.1) is 12.0 Å². The topological polar surface area (TPSA) is 94.4 Å². The molecule has 1 N–H and O–H groups in total. The summed E-state index contributed by atoms with van der Waals surface area (Å²) in [4.78, 5) is 25.4. The van der Waals surface area contributed by atoms with E-state index in [1.165, 1.54) is 19.2 Å². The average Bonchev–Trinajstić information content (AvgIpc) is 3.11. The molecule has 0 aromatic carbocycles. The lowest BCUT2D eigenvalue weighted by molar-refractivity contribution is -0.384. The highest BCUT2D eigenvalue weighted by atomic mass is 16.6. The van der Waals surface area contributed by atoms with Gasteiger partial charge in [-0.25, -0.2) is 9.78 Å². The van der Waals surface area contributed by atoms with E-state index in [-0.39, 0.29) is 23.2 Å². The number of rotatable bonds is 4. The summed E-state index contributed by atoms with van der Waals surface area (Å²) in [6, 6.07) is 2.75. The first kappa shape index (κ1) is 11.3. The maximum Gasteiger partial charge on any atom is 0.356 e. The monoisotopic (exact) mass is 237 g/mol. The number of pyridine rings is 1. The molecule has 7 heteroatoms. The van der Waals surface area contributed by atoms with Crippen LogP contribution in [0.2, 0.25) is 0 Å². The van der Waals surface area contributed by atoms with Gasteiger partial charge in [0.2, 0.25) is 5.82 Å². The average molecular weight is 237 g/mol. The molecular formula is C10H11N3O4. The lowest BCUT2D eigenvalue weighted by Gasteiger charge is -2.06. The predicted octanol–water partition coefficient (Wildman–Crippen LogP) is 1.35. The fraction of sp³-hybridized carbons (Fsp3) is 0.400. The first-order valence-corrected chi connectivity index (χ1v) is 5.12. The number of carbonyl (C=O) groups excluding carboxylic acids is 1. The number of aromatic nitrogens is 1. The molecule has 0 atom stereocenters. The van der Waals surface area contributed by atoms with Gasteiger partial charge in [-0.15, -0.1) is 0 Å². The van der Waals surface area contributed by atoms with E-state index in [4.69, 9.17) is 0 Å². The molecule has 1 aliphatic carbocycles. The molecule has 1 aromatic rings. The molecule has 17 heavy (non-hydrogen) atoms. The molecule has 2 rings (SSSR count). The van der Waals surface area contributed by atoms with Crippen molar-refractivity contribution in [2.45, 2.75) is 18.9 Å².